The predicted molar refractivity (Wildman–Crippen MR) is 87.2 cm³/mol. The minimum Gasteiger partial charge on any atom is -0.397 e. The van der Waals surface area contributed by atoms with E-state index in [1.165, 1.54) is 5.56 Å². The van der Waals surface area contributed by atoms with Crippen molar-refractivity contribution in [3.8, 4) is 0 Å². The van der Waals surface area contributed by atoms with E-state index < -0.39 is 0 Å². The highest BCUT2D eigenvalue weighted by atomic mass is 79.9. The minimum absolute atomic E-state index is 0.148. The lowest BCUT2D eigenvalue weighted by molar-refractivity contribution is 0.102. The number of nitrogen functional groups attached to an aromatic ring is 1. The second-order valence-corrected chi connectivity index (χ2v) is 5.86. The molecule has 104 valence electrons. The number of aryl methyl sites for hydroxylation is 3. The highest BCUT2D eigenvalue weighted by Crippen LogP contribution is 2.28. The van der Waals surface area contributed by atoms with Crippen LogP contribution >= 0.6 is 15.9 Å². The van der Waals surface area contributed by atoms with Gasteiger partial charge in [-0.2, -0.15) is 0 Å². The maximum Gasteiger partial charge on any atom is 0.255 e. The molecule has 2 rings (SSSR count). The molecule has 3 N–H and O–H groups in total. The Balaban J connectivity index is 2.30. The standard InChI is InChI=1S/C16H17BrN2O/c1-9-4-5-12(6-10(9)2)16(20)19-15-11(3)7-13(17)8-14(15)18/h4-8H,18H2,1-3H3,(H,19,20). The smallest absolute Gasteiger partial charge is 0.255 e. The fraction of sp³-hybridized carbons (Fsp3) is 0.188. The van der Waals surface area contributed by atoms with Crippen LogP contribution in [0, 0.1) is 20.8 Å². The molecule has 4 heteroatoms. The molecule has 0 aliphatic heterocycles. The Labute approximate surface area is 127 Å². The normalized spacial score (nSPS) is 10.4. The zero-order valence-electron chi connectivity index (χ0n) is 11.8. The van der Waals surface area contributed by atoms with Gasteiger partial charge in [0.25, 0.3) is 5.91 Å². The van der Waals surface area contributed by atoms with Gasteiger partial charge >= 0.3 is 0 Å². The molecule has 0 bridgehead atoms. The third kappa shape index (κ3) is 3.02. The number of hydrogen-bond acceptors (Lipinski definition) is 2. The van der Waals surface area contributed by atoms with Gasteiger partial charge in [-0.25, -0.2) is 0 Å². The van der Waals surface area contributed by atoms with Crippen LogP contribution in [0.3, 0.4) is 0 Å². The van der Waals surface area contributed by atoms with Crippen molar-refractivity contribution in [2.24, 2.45) is 0 Å². The average molecular weight is 333 g/mol. The summed E-state index contributed by atoms with van der Waals surface area (Å²) in [6.45, 7) is 5.93. The number of amides is 1. The van der Waals surface area contributed by atoms with Crippen molar-refractivity contribution in [2.75, 3.05) is 11.1 Å². The summed E-state index contributed by atoms with van der Waals surface area (Å²) < 4.78 is 0.900. The van der Waals surface area contributed by atoms with Crippen LogP contribution in [0.15, 0.2) is 34.8 Å². The lowest BCUT2D eigenvalue weighted by Gasteiger charge is -2.12. The van der Waals surface area contributed by atoms with Gasteiger partial charge in [0.2, 0.25) is 0 Å². The van der Waals surface area contributed by atoms with Crippen molar-refractivity contribution in [3.05, 3.63) is 57.1 Å². The first kappa shape index (κ1) is 14.6. The van der Waals surface area contributed by atoms with Crippen LogP contribution in [0.25, 0.3) is 0 Å². The number of carbonyl (C=O) groups excluding carboxylic acids is 1. The van der Waals surface area contributed by atoms with Gasteiger partial charge in [-0.15, -0.1) is 0 Å². The Morgan fingerprint density at radius 3 is 2.35 bits per heavy atom. The van der Waals surface area contributed by atoms with Crippen LogP contribution < -0.4 is 11.1 Å². The van der Waals surface area contributed by atoms with Crippen molar-refractivity contribution in [1.82, 2.24) is 0 Å². The van der Waals surface area contributed by atoms with Gasteiger partial charge in [-0.3, -0.25) is 4.79 Å². The van der Waals surface area contributed by atoms with Crippen LogP contribution in [0.2, 0.25) is 0 Å². The molecule has 0 radical (unpaired) electrons. The van der Waals surface area contributed by atoms with Gasteiger partial charge in [0, 0.05) is 10.0 Å². The molecule has 2 aromatic rings. The molecule has 0 aliphatic carbocycles. The zero-order chi connectivity index (χ0) is 14.9. The number of hydrogen-bond donors (Lipinski definition) is 2. The second-order valence-electron chi connectivity index (χ2n) is 4.94. The molecule has 0 fully saturated rings. The van der Waals surface area contributed by atoms with Crippen molar-refractivity contribution < 1.29 is 4.79 Å². The molecule has 1 amide bonds. The maximum absolute atomic E-state index is 12.3. The average Bonchev–Trinajstić information content (AvgIpc) is 2.36. The molecule has 0 saturated carbocycles. The number of anilines is 2. The van der Waals surface area contributed by atoms with Crippen molar-refractivity contribution in [2.45, 2.75) is 20.8 Å². The fourth-order valence-electron chi connectivity index (χ4n) is 2.01. The monoisotopic (exact) mass is 332 g/mol. The fourth-order valence-corrected chi connectivity index (χ4v) is 2.60. The van der Waals surface area contributed by atoms with E-state index in [0.29, 0.717) is 16.9 Å². The number of nitrogens with one attached hydrogen (secondary N) is 1. The van der Waals surface area contributed by atoms with Gasteiger partial charge in [0.15, 0.2) is 0 Å². The van der Waals surface area contributed by atoms with Crippen LogP contribution in [0.1, 0.15) is 27.0 Å². The van der Waals surface area contributed by atoms with E-state index in [1.807, 2.05) is 45.0 Å². The van der Waals surface area contributed by atoms with E-state index >= 15 is 0 Å². The molecule has 0 unspecified atom stereocenters. The van der Waals surface area contributed by atoms with Crippen molar-refractivity contribution >= 4 is 33.2 Å². The zero-order valence-corrected chi connectivity index (χ0v) is 13.3. The number of rotatable bonds is 2. The van der Waals surface area contributed by atoms with Crippen LogP contribution in [-0.2, 0) is 0 Å². The lowest BCUT2D eigenvalue weighted by Crippen LogP contribution is -2.14. The summed E-state index contributed by atoms with van der Waals surface area (Å²) in [7, 11) is 0. The van der Waals surface area contributed by atoms with Gasteiger partial charge in [0.05, 0.1) is 11.4 Å². The first-order valence-electron chi connectivity index (χ1n) is 6.32. The van der Waals surface area contributed by atoms with E-state index in [2.05, 4.69) is 21.2 Å². The van der Waals surface area contributed by atoms with Crippen LogP contribution in [0.5, 0.6) is 0 Å². The quantitative estimate of drug-likeness (QED) is 0.809. The number of halogens is 1. The SMILES string of the molecule is Cc1ccc(C(=O)Nc2c(C)cc(Br)cc2N)cc1C. The Bertz CT molecular complexity index is 657. The Kier molecular flexibility index (Phi) is 4.14. The van der Waals surface area contributed by atoms with E-state index in [4.69, 9.17) is 5.73 Å². The first-order valence-corrected chi connectivity index (χ1v) is 7.12. The molecular weight excluding hydrogens is 316 g/mol. The molecule has 3 nitrogen and oxygen atoms in total. The van der Waals surface area contributed by atoms with Gasteiger partial charge < -0.3 is 11.1 Å². The summed E-state index contributed by atoms with van der Waals surface area (Å²) >= 11 is 3.38. The summed E-state index contributed by atoms with van der Waals surface area (Å²) in [5, 5.41) is 2.88. The lowest BCUT2D eigenvalue weighted by atomic mass is 10.1. The van der Waals surface area contributed by atoms with Gasteiger partial charge in [-0.05, 0) is 61.7 Å². The Morgan fingerprint density at radius 1 is 1.05 bits per heavy atom. The second kappa shape index (κ2) is 5.67. The molecule has 0 spiro atoms. The molecule has 0 aliphatic rings. The Hall–Kier alpha value is -1.81. The number of nitrogens with two attached hydrogens (primary N) is 1. The third-order valence-corrected chi connectivity index (χ3v) is 3.80. The van der Waals surface area contributed by atoms with Crippen LogP contribution in [0.4, 0.5) is 11.4 Å². The molecular formula is C16H17BrN2O. The Morgan fingerprint density at radius 2 is 1.75 bits per heavy atom. The molecule has 2 aromatic carbocycles. The molecule has 0 atom stereocenters. The summed E-state index contributed by atoms with van der Waals surface area (Å²) in [5.74, 6) is -0.148. The van der Waals surface area contributed by atoms with E-state index in [-0.39, 0.29) is 5.91 Å². The van der Waals surface area contributed by atoms with Crippen molar-refractivity contribution in [3.63, 3.8) is 0 Å². The maximum atomic E-state index is 12.3. The highest BCUT2D eigenvalue weighted by Gasteiger charge is 2.11. The predicted octanol–water partition coefficient (Wildman–Crippen LogP) is 4.21. The molecule has 0 heterocycles. The first-order chi connectivity index (χ1) is 9.38. The summed E-state index contributed by atoms with van der Waals surface area (Å²) in [6.07, 6.45) is 0. The third-order valence-electron chi connectivity index (χ3n) is 3.34. The minimum atomic E-state index is -0.148. The summed E-state index contributed by atoms with van der Waals surface area (Å²) in [6, 6.07) is 9.36. The van der Waals surface area contributed by atoms with Crippen LogP contribution in [-0.4, -0.2) is 5.91 Å². The van der Waals surface area contributed by atoms with Gasteiger partial charge in [0.1, 0.15) is 0 Å². The highest BCUT2D eigenvalue weighted by molar-refractivity contribution is 9.10. The van der Waals surface area contributed by atoms with E-state index in [1.54, 1.807) is 6.07 Å². The van der Waals surface area contributed by atoms with Gasteiger partial charge in [-0.1, -0.05) is 22.0 Å². The number of carbonyl (C=O) groups is 1. The molecule has 0 saturated heterocycles. The molecule has 0 aromatic heterocycles. The topological polar surface area (TPSA) is 55.1 Å². The number of benzene rings is 2. The molecule has 20 heavy (non-hydrogen) atoms. The summed E-state index contributed by atoms with van der Waals surface area (Å²) in [4.78, 5) is 12.3. The van der Waals surface area contributed by atoms with E-state index in [0.717, 1.165) is 15.6 Å². The largest absolute Gasteiger partial charge is 0.397 e. The van der Waals surface area contributed by atoms with E-state index in [9.17, 15) is 4.79 Å². The summed E-state index contributed by atoms with van der Waals surface area (Å²) in [5.41, 5.74) is 11.0. The van der Waals surface area contributed by atoms with Crippen molar-refractivity contribution in [1.29, 1.82) is 0 Å².